The van der Waals surface area contributed by atoms with Crippen LogP contribution in [0.5, 0.6) is 0 Å². The number of aliphatic hydroxyl groups is 3. The summed E-state index contributed by atoms with van der Waals surface area (Å²) in [7, 11) is 0. The molecule has 0 aromatic rings. The van der Waals surface area contributed by atoms with E-state index in [4.69, 9.17) is 4.74 Å². The van der Waals surface area contributed by atoms with Gasteiger partial charge in [-0.2, -0.15) is 0 Å². The number of alkyl carbamates (subject to hydrolysis) is 1. The Kier molecular flexibility index (Phi) is 7.71. The van der Waals surface area contributed by atoms with Crippen LogP contribution in [0.2, 0.25) is 0 Å². The second kappa shape index (κ2) is 10.4. The topological polar surface area (TPSA) is 99.0 Å². The van der Waals surface area contributed by atoms with E-state index in [1.165, 1.54) is 25.7 Å². The van der Waals surface area contributed by atoms with Crippen LogP contribution in [0.25, 0.3) is 0 Å². The minimum Gasteiger partial charge on any atom is -0.450 e. The average molecular weight is 506 g/mol. The predicted octanol–water partition coefficient (Wildman–Crippen LogP) is 5.03. The maximum atomic E-state index is 12.2. The van der Waals surface area contributed by atoms with Crippen LogP contribution in [0.15, 0.2) is 0 Å². The number of carbonyl (C=O) groups is 1. The van der Waals surface area contributed by atoms with E-state index in [1.807, 2.05) is 0 Å². The Labute approximate surface area is 218 Å². The number of carbonyl (C=O) groups excluding carboxylic acids is 1. The molecule has 0 aliphatic heterocycles. The molecule has 0 spiro atoms. The summed E-state index contributed by atoms with van der Waals surface area (Å²) in [4.78, 5) is 12.2. The lowest BCUT2D eigenvalue weighted by Crippen LogP contribution is -2.62. The first kappa shape index (κ1) is 26.7. The van der Waals surface area contributed by atoms with Crippen LogP contribution in [-0.2, 0) is 4.74 Å². The number of hydrogen-bond acceptors (Lipinski definition) is 5. The van der Waals surface area contributed by atoms with Gasteiger partial charge in [0.05, 0.1) is 31.0 Å². The molecule has 0 unspecified atom stereocenters. The van der Waals surface area contributed by atoms with Crippen molar-refractivity contribution in [2.45, 2.75) is 129 Å². The smallest absolute Gasteiger partial charge is 0.407 e. The van der Waals surface area contributed by atoms with Crippen molar-refractivity contribution in [3.8, 4) is 0 Å². The van der Waals surface area contributed by atoms with Gasteiger partial charge in [0.15, 0.2) is 0 Å². The zero-order valence-corrected chi connectivity index (χ0v) is 22.8. The highest BCUT2D eigenvalue weighted by molar-refractivity contribution is 5.67. The van der Waals surface area contributed by atoms with Crippen molar-refractivity contribution in [1.82, 2.24) is 5.32 Å². The molecule has 5 saturated carbocycles. The summed E-state index contributed by atoms with van der Waals surface area (Å²) in [6, 6.07) is -0.162. The van der Waals surface area contributed by atoms with Crippen LogP contribution >= 0.6 is 0 Å². The first-order valence-corrected chi connectivity index (χ1v) is 15.2. The first-order valence-electron chi connectivity index (χ1n) is 15.2. The number of aliphatic hydroxyl groups excluding tert-OH is 3. The summed E-state index contributed by atoms with van der Waals surface area (Å²) < 4.78 is 5.47. The van der Waals surface area contributed by atoms with Gasteiger partial charge in [-0.1, -0.05) is 27.2 Å². The Morgan fingerprint density at radius 3 is 2.42 bits per heavy atom. The van der Waals surface area contributed by atoms with Crippen LogP contribution in [0.1, 0.15) is 104 Å². The van der Waals surface area contributed by atoms with Crippen molar-refractivity contribution < 1.29 is 24.9 Å². The zero-order chi connectivity index (χ0) is 25.7. The summed E-state index contributed by atoms with van der Waals surface area (Å²) in [6.45, 7) is 7.66. The average Bonchev–Trinajstić information content (AvgIpc) is 3.40. The van der Waals surface area contributed by atoms with Gasteiger partial charge in [-0.05, 0) is 123 Å². The summed E-state index contributed by atoms with van der Waals surface area (Å²) in [6.07, 6.45) is 11.9. The van der Waals surface area contributed by atoms with Crippen molar-refractivity contribution in [3.63, 3.8) is 0 Å². The molecule has 5 aliphatic rings. The molecule has 4 N–H and O–H groups in total. The lowest BCUT2D eigenvalue weighted by molar-refractivity contribution is -0.202. The lowest BCUT2D eigenvalue weighted by atomic mass is 9.41. The van der Waals surface area contributed by atoms with E-state index >= 15 is 0 Å². The van der Waals surface area contributed by atoms with Gasteiger partial charge in [0, 0.05) is 0 Å². The van der Waals surface area contributed by atoms with Crippen molar-refractivity contribution in [2.75, 3.05) is 6.61 Å². The van der Waals surface area contributed by atoms with Crippen molar-refractivity contribution in [2.24, 2.45) is 46.3 Å². The number of nitrogens with one attached hydrogen (secondary N) is 1. The molecule has 12 atom stereocenters. The molecule has 0 aromatic heterocycles. The Hall–Kier alpha value is -0.850. The van der Waals surface area contributed by atoms with E-state index in [0.717, 1.165) is 57.8 Å². The van der Waals surface area contributed by atoms with Crippen molar-refractivity contribution >= 4 is 6.09 Å². The molecule has 0 bridgehead atoms. The zero-order valence-electron chi connectivity index (χ0n) is 22.8. The van der Waals surface area contributed by atoms with Crippen molar-refractivity contribution in [1.29, 1.82) is 0 Å². The second-order valence-corrected chi connectivity index (χ2v) is 13.7. The standard InChI is InChI=1S/C30H51NO5/c1-4-20-23-17-19(32)12-14-30(23,3)22-13-15-29(2)18(10-11-21(29)26(22)27(20)34)7-6-16-36-28(35)31-24-8-5-9-25(24)33/h18-27,32-34H,4-17H2,1-3H3,(H,31,35)/t18-,19+,20+,21-,22-,23-,24+,25-,26-,27+,29+,30+/m0/s1. The van der Waals surface area contributed by atoms with E-state index in [2.05, 4.69) is 26.1 Å². The van der Waals surface area contributed by atoms with E-state index in [0.29, 0.717) is 42.1 Å². The Morgan fingerprint density at radius 2 is 1.69 bits per heavy atom. The van der Waals surface area contributed by atoms with E-state index in [9.17, 15) is 20.1 Å². The Bertz CT molecular complexity index is 791. The molecule has 5 rings (SSSR count). The quantitative estimate of drug-likeness (QED) is 0.379. The largest absolute Gasteiger partial charge is 0.450 e. The van der Waals surface area contributed by atoms with Crippen LogP contribution in [-0.4, -0.2) is 52.4 Å². The molecule has 0 aromatic carbocycles. The minimum absolute atomic E-state index is 0.162. The van der Waals surface area contributed by atoms with Crippen LogP contribution < -0.4 is 5.32 Å². The molecule has 6 nitrogen and oxygen atoms in total. The molecule has 5 aliphatic carbocycles. The maximum Gasteiger partial charge on any atom is 0.407 e. The highest BCUT2D eigenvalue weighted by Gasteiger charge is 2.64. The second-order valence-electron chi connectivity index (χ2n) is 13.7. The minimum atomic E-state index is -0.443. The lowest BCUT2D eigenvalue weighted by Gasteiger charge is -2.64. The van der Waals surface area contributed by atoms with E-state index < -0.39 is 12.2 Å². The molecule has 6 heteroatoms. The maximum absolute atomic E-state index is 12.2. The predicted molar refractivity (Wildman–Crippen MR) is 139 cm³/mol. The van der Waals surface area contributed by atoms with Crippen LogP contribution in [0.4, 0.5) is 4.79 Å². The molecule has 1 amide bonds. The number of hydrogen-bond donors (Lipinski definition) is 4. The molecule has 5 fully saturated rings. The summed E-state index contributed by atoms with van der Waals surface area (Å²) in [5.74, 6) is 2.90. The Balaban J connectivity index is 1.20. The van der Waals surface area contributed by atoms with Gasteiger partial charge in [-0.3, -0.25) is 0 Å². The molecular formula is C30H51NO5. The van der Waals surface area contributed by atoms with Gasteiger partial charge in [-0.15, -0.1) is 0 Å². The highest BCUT2D eigenvalue weighted by atomic mass is 16.5. The van der Waals surface area contributed by atoms with Gasteiger partial charge >= 0.3 is 6.09 Å². The van der Waals surface area contributed by atoms with Gasteiger partial charge in [-0.25, -0.2) is 4.79 Å². The molecular weight excluding hydrogens is 454 g/mol. The van der Waals surface area contributed by atoms with Gasteiger partial charge in [0.2, 0.25) is 0 Å². The summed E-state index contributed by atoms with van der Waals surface area (Å²) in [5.41, 5.74) is 0.505. The Morgan fingerprint density at radius 1 is 0.944 bits per heavy atom. The third kappa shape index (κ3) is 4.51. The summed E-state index contributed by atoms with van der Waals surface area (Å²) >= 11 is 0. The van der Waals surface area contributed by atoms with E-state index in [1.54, 1.807) is 0 Å². The fourth-order valence-electron chi connectivity index (χ4n) is 10.3. The van der Waals surface area contributed by atoms with Gasteiger partial charge in [0.25, 0.3) is 0 Å². The normalized spacial score (nSPS) is 50.2. The fourth-order valence-corrected chi connectivity index (χ4v) is 10.3. The summed E-state index contributed by atoms with van der Waals surface area (Å²) in [5, 5.41) is 35.0. The molecule has 206 valence electrons. The van der Waals surface area contributed by atoms with Gasteiger partial charge < -0.3 is 25.4 Å². The molecule has 0 radical (unpaired) electrons. The third-order valence-electron chi connectivity index (χ3n) is 12.3. The molecule has 36 heavy (non-hydrogen) atoms. The van der Waals surface area contributed by atoms with E-state index in [-0.39, 0.29) is 29.1 Å². The third-order valence-corrected chi connectivity index (χ3v) is 12.3. The number of fused-ring (bicyclic) bond motifs is 5. The fraction of sp³-hybridized carbons (Fsp3) is 0.967. The molecule has 0 saturated heterocycles. The molecule has 0 heterocycles. The number of rotatable bonds is 6. The monoisotopic (exact) mass is 505 g/mol. The number of amides is 1. The van der Waals surface area contributed by atoms with Crippen LogP contribution in [0.3, 0.4) is 0 Å². The SMILES string of the molecule is CC[C@H]1[C@@H](O)[C@@H]2[C@H](CC[C@]3(C)[C@@H](CCCOC(=O)N[C@@H]4CCC[C@@H]4O)CC[C@@H]23)[C@@]2(C)CC[C@@H](O)C[C@@H]12. The number of ether oxygens (including phenoxy) is 1. The van der Waals surface area contributed by atoms with Crippen LogP contribution in [0, 0.1) is 46.3 Å². The van der Waals surface area contributed by atoms with Gasteiger partial charge in [0.1, 0.15) is 0 Å². The first-order chi connectivity index (χ1) is 17.2. The highest BCUT2D eigenvalue weighted by Crippen LogP contribution is 2.69. The van der Waals surface area contributed by atoms with Crippen molar-refractivity contribution in [3.05, 3.63) is 0 Å².